The predicted octanol–water partition coefficient (Wildman–Crippen LogP) is 4.68. The predicted molar refractivity (Wildman–Crippen MR) is 122 cm³/mol. The number of nitrogens with one attached hydrogen (secondary N) is 1. The Morgan fingerprint density at radius 1 is 1.06 bits per heavy atom. The van der Waals surface area contributed by atoms with E-state index in [1.54, 1.807) is 29.2 Å². The molecule has 1 N–H and O–H groups in total. The zero-order valence-corrected chi connectivity index (χ0v) is 18.6. The van der Waals surface area contributed by atoms with Crippen LogP contribution in [0.4, 0.5) is 5.13 Å². The third-order valence-electron chi connectivity index (χ3n) is 5.65. The fourth-order valence-electron chi connectivity index (χ4n) is 3.85. The van der Waals surface area contributed by atoms with Gasteiger partial charge in [0.1, 0.15) is 0 Å². The molecule has 2 amide bonds. The monoisotopic (exact) mass is 469 g/mol. The molecule has 2 aromatic carbocycles. The van der Waals surface area contributed by atoms with Crippen LogP contribution in [0.2, 0.25) is 5.02 Å². The van der Waals surface area contributed by atoms with Crippen molar-refractivity contribution in [3.05, 3.63) is 58.4 Å². The molecule has 0 aliphatic carbocycles. The van der Waals surface area contributed by atoms with Gasteiger partial charge in [-0.2, -0.15) is 0 Å². The Labute approximate surface area is 193 Å². The number of piperidine rings is 1. The topological polar surface area (TPSA) is 80.8 Å². The number of fused-ring (bicyclic) bond motifs is 1. The number of likely N-dealkylation sites (tertiary alicyclic amines) is 1. The van der Waals surface area contributed by atoms with Crippen LogP contribution in [-0.4, -0.2) is 41.6 Å². The summed E-state index contributed by atoms with van der Waals surface area (Å²) in [6.07, 6.45) is 1.23. The molecule has 1 saturated heterocycles. The zero-order chi connectivity index (χ0) is 22.1. The molecular formula is C23H20ClN3O4S. The van der Waals surface area contributed by atoms with Crippen molar-refractivity contribution in [2.24, 2.45) is 5.92 Å². The number of ether oxygens (including phenoxy) is 2. The van der Waals surface area contributed by atoms with Gasteiger partial charge < -0.3 is 19.7 Å². The van der Waals surface area contributed by atoms with E-state index in [0.717, 1.165) is 17.0 Å². The molecule has 2 aliphatic heterocycles. The van der Waals surface area contributed by atoms with Crippen LogP contribution in [0, 0.1) is 5.92 Å². The van der Waals surface area contributed by atoms with E-state index in [1.165, 1.54) is 11.3 Å². The molecule has 164 valence electrons. The van der Waals surface area contributed by atoms with Gasteiger partial charge in [0, 0.05) is 40.5 Å². The Bertz CT molecular complexity index is 1160. The molecule has 0 spiro atoms. The van der Waals surface area contributed by atoms with E-state index >= 15 is 0 Å². The van der Waals surface area contributed by atoms with Gasteiger partial charge >= 0.3 is 0 Å². The standard InChI is InChI=1S/C23H20ClN3O4S/c24-17-4-1-15(2-5-17)22(29)27-9-7-14(8-10-27)21(28)26-23-25-18(12-32-23)16-3-6-19-20(11-16)31-13-30-19/h1-6,11-12,14H,7-10,13H2,(H,25,26,28). The van der Waals surface area contributed by atoms with Crippen LogP contribution in [0.5, 0.6) is 11.5 Å². The average Bonchev–Trinajstić information content (AvgIpc) is 3.48. The molecule has 0 atom stereocenters. The number of aromatic nitrogens is 1. The number of benzene rings is 2. The second kappa shape index (κ2) is 8.80. The normalized spacial score (nSPS) is 15.6. The Balaban J connectivity index is 1.17. The maximum Gasteiger partial charge on any atom is 0.253 e. The maximum atomic E-state index is 12.8. The highest BCUT2D eigenvalue weighted by Gasteiger charge is 2.28. The second-order valence-corrected chi connectivity index (χ2v) is 8.96. The smallest absolute Gasteiger partial charge is 0.253 e. The number of nitrogens with zero attached hydrogens (tertiary/aromatic N) is 2. The lowest BCUT2D eigenvalue weighted by atomic mass is 9.95. The molecule has 0 radical (unpaired) electrons. The number of hydrogen-bond donors (Lipinski definition) is 1. The van der Waals surface area contributed by atoms with Crippen LogP contribution in [0.1, 0.15) is 23.2 Å². The van der Waals surface area contributed by atoms with Crippen molar-refractivity contribution in [3.63, 3.8) is 0 Å². The minimum atomic E-state index is -0.151. The molecule has 2 aliphatic rings. The Hall–Kier alpha value is -3.10. The fourth-order valence-corrected chi connectivity index (χ4v) is 4.70. The van der Waals surface area contributed by atoms with Gasteiger partial charge in [0.15, 0.2) is 16.6 Å². The number of halogens is 1. The third kappa shape index (κ3) is 4.28. The molecule has 7 nitrogen and oxygen atoms in total. The SMILES string of the molecule is O=C(Nc1nc(-c2ccc3c(c2)OCO3)cs1)C1CCN(C(=O)c2ccc(Cl)cc2)CC1. The lowest BCUT2D eigenvalue weighted by molar-refractivity contribution is -0.121. The van der Waals surface area contributed by atoms with Crippen LogP contribution in [0.3, 0.4) is 0 Å². The van der Waals surface area contributed by atoms with Crippen molar-refractivity contribution in [3.8, 4) is 22.8 Å². The number of hydrogen-bond acceptors (Lipinski definition) is 6. The van der Waals surface area contributed by atoms with E-state index in [-0.39, 0.29) is 24.5 Å². The zero-order valence-electron chi connectivity index (χ0n) is 17.0. The summed E-state index contributed by atoms with van der Waals surface area (Å²) >= 11 is 7.28. The van der Waals surface area contributed by atoms with Crippen molar-refractivity contribution < 1.29 is 19.1 Å². The van der Waals surface area contributed by atoms with Crippen LogP contribution < -0.4 is 14.8 Å². The van der Waals surface area contributed by atoms with E-state index in [1.807, 2.05) is 23.6 Å². The van der Waals surface area contributed by atoms with Gasteiger partial charge in [-0.15, -0.1) is 11.3 Å². The molecule has 1 fully saturated rings. The van der Waals surface area contributed by atoms with Crippen molar-refractivity contribution in [1.29, 1.82) is 0 Å². The highest BCUT2D eigenvalue weighted by atomic mass is 35.5. The van der Waals surface area contributed by atoms with Crippen LogP contribution in [0.25, 0.3) is 11.3 Å². The van der Waals surface area contributed by atoms with Crippen molar-refractivity contribution in [2.45, 2.75) is 12.8 Å². The summed E-state index contributed by atoms with van der Waals surface area (Å²) in [6, 6.07) is 12.5. The summed E-state index contributed by atoms with van der Waals surface area (Å²) in [4.78, 5) is 31.7. The molecule has 1 aromatic heterocycles. The highest BCUT2D eigenvalue weighted by Crippen LogP contribution is 2.36. The number of carbonyl (C=O) groups is 2. The molecular weight excluding hydrogens is 450 g/mol. The summed E-state index contributed by atoms with van der Waals surface area (Å²) < 4.78 is 10.8. The Morgan fingerprint density at radius 3 is 2.59 bits per heavy atom. The van der Waals surface area contributed by atoms with E-state index in [4.69, 9.17) is 21.1 Å². The lowest BCUT2D eigenvalue weighted by Gasteiger charge is -2.31. The Kier molecular flexibility index (Phi) is 5.71. The highest BCUT2D eigenvalue weighted by molar-refractivity contribution is 7.14. The molecule has 9 heteroatoms. The number of amides is 2. The summed E-state index contributed by atoms with van der Waals surface area (Å²) in [5.41, 5.74) is 2.28. The first-order chi connectivity index (χ1) is 15.6. The summed E-state index contributed by atoms with van der Waals surface area (Å²) in [5.74, 6) is 1.17. The largest absolute Gasteiger partial charge is 0.454 e. The van der Waals surface area contributed by atoms with Gasteiger partial charge in [0.2, 0.25) is 12.7 Å². The number of thiazole rings is 1. The lowest BCUT2D eigenvalue weighted by Crippen LogP contribution is -2.41. The quantitative estimate of drug-likeness (QED) is 0.600. The minimum Gasteiger partial charge on any atom is -0.454 e. The molecule has 32 heavy (non-hydrogen) atoms. The molecule has 3 aromatic rings. The van der Waals surface area contributed by atoms with Gasteiger partial charge in [-0.25, -0.2) is 4.98 Å². The van der Waals surface area contributed by atoms with Gasteiger partial charge in [0.05, 0.1) is 5.69 Å². The molecule has 0 unspecified atom stereocenters. The van der Waals surface area contributed by atoms with Crippen LogP contribution in [0.15, 0.2) is 47.8 Å². The van der Waals surface area contributed by atoms with Crippen LogP contribution >= 0.6 is 22.9 Å². The first kappa shape index (κ1) is 20.8. The van der Waals surface area contributed by atoms with Crippen molar-refractivity contribution in [1.82, 2.24) is 9.88 Å². The first-order valence-electron chi connectivity index (χ1n) is 10.3. The van der Waals surface area contributed by atoms with Gasteiger partial charge in [-0.3, -0.25) is 9.59 Å². The van der Waals surface area contributed by atoms with Crippen LogP contribution in [-0.2, 0) is 4.79 Å². The number of anilines is 1. The third-order valence-corrected chi connectivity index (χ3v) is 6.66. The maximum absolute atomic E-state index is 12.8. The van der Waals surface area contributed by atoms with Gasteiger partial charge in [-0.05, 0) is 55.3 Å². The van der Waals surface area contributed by atoms with E-state index in [9.17, 15) is 9.59 Å². The van der Waals surface area contributed by atoms with Crippen molar-refractivity contribution >= 4 is 39.9 Å². The van der Waals surface area contributed by atoms with Gasteiger partial charge in [-0.1, -0.05) is 11.6 Å². The summed E-state index contributed by atoms with van der Waals surface area (Å²) in [5, 5.41) is 5.99. The fraction of sp³-hybridized carbons (Fsp3) is 0.261. The molecule has 0 bridgehead atoms. The van der Waals surface area contributed by atoms with E-state index in [0.29, 0.717) is 47.4 Å². The summed E-state index contributed by atoms with van der Waals surface area (Å²) in [6.45, 7) is 1.31. The Morgan fingerprint density at radius 2 is 1.81 bits per heavy atom. The van der Waals surface area contributed by atoms with E-state index < -0.39 is 0 Å². The van der Waals surface area contributed by atoms with Gasteiger partial charge in [0.25, 0.3) is 5.91 Å². The molecule has 5 rings (SSSR count). The second-order valence-electron chi connectivity index (χ2n) is 7.67. The molecule has 0 saturated carbocycles. The average molecular weight is 470 g/mol. The van der Waals surface area contributed by atoms with E-state index in [2.05, 4.69) is 10.3 Å². The molecule has 3 heterocycles. The number of carbonyl (C=O) groups excluding carboxylic acids is 2. The first-order valence-corrected chi connectivity index (χ1v) is 11.5. The minimum absolute atomic E-state index is 0.0335. The summed E-state index contributed by atoms with van der Waals surface area (Å²) in [7, 11) is 0. The number of rotatable bonds is 4. The van der Waals surface area contributed by atoms with Crippen molar-refractivity contribution in [2.75, 3.05) is 25.2 Å².